The van der Waals surface area contributed by atoms with Crippen LogP contribution in [-0.4, -0.2) is 58.7 Å². The van der Waals surface area contributed by atoms with E-state index in [4.69, 9.17) is 9.47 Å². The predicted octanol–water partition coefficient (Wildman–Crippen LogP) is 1.89. The van der Waals surface area contributed by atoms with E-state index in [1.165, 1.54) is 21.3 Å². The number of sulfonamides is 1. The molecule has 0 aliphatic carbocycles. The first-order valence-corrected chi connectivity index (χ1v) is 11.3. The number of ether oxygens (including phenoxy) is 2. The van der Waals surface area contributed by atoms with E-state index >= 15 is 0 Å². The fraction of sp³-hybridized carbons (Fsp3) is 0.421. The zero-order valence-corrected chi connectivity index (χ0v) is 17.4. The molecular formula is C19H24N2O5S2. The molecular weight excluding hydrogens is 400 g/mol. The summed E-state index contributed by atoms with van der Waals surface area (Å²) in [5, 5.41) is 4.72. The van der Waals surface area contributed by atoms with E-state index in [0.29, 0.717) is 45.0 Å². The van der Waals surface area contributed by atoms with Gasteiger partial charge in [-0.25, -0.2) is 8.42 Å². The average Bonchev–Trinajstić information content (AvgIpc) is 3.18. The highest BCUT2D eigenvalue weighted by Crippen LogP contribution is 2.28. The van der Waals surface area contributed by atoms with Gasteiger partial charge in [0, 0.05) is 37.2 Å². The van der Waals surface area contributed by atoms with Gasteiger partial charge in [-0.05, 0) is 41.6 Å². The lowest BCUT2D eigenvalue weighted by molar-refractivity contribution is 0.0692. The maximum Gasteiger partial charge on any atom is 0.251 e. The molecule has 1 amide bonds. The molecule has 0 spiro atoms. The first kappa shape index (κ1) is 20.9. The zero-order valence-electron chi connectivity index (χ0n) is 15.7. The van der Waals surface area contributed by atoms with Gasteiger partial charge < -0.3 is 14.8 Å². The van der Waals surface area contributed by atoms with Crippen molar-refractivity contribution >= 4 is 27.3 Å². The van der Waals surface area contributed by atoms with Crippen LogP contribution in [0.3, 0.4) is 0 Å². The molecule has 0 saturated carbocycles. The lowest BCUT2D eigenvalue weighted by Gasteiger charge is -2.26. The Labute approximate surface area is 169 Å². The number of hydrogen-bond donors (Lipinski definition) is 1. The molecule has 0 radical (unpaired) electrons. The van der Waals surface area contributed by atoms with Gasteiger partial charge in [0.1, 0.15) is 0 Å². The van der Waals surface area contributed by atoms with E-state index in [1.807, 2.05) is 11.4 Å². The van der Waals surface area contributed by atoms with Gasteiger partial charge >= 0.3 is 0 Å². The largest absolute Gasteiger partial charge is 0.382 e. The van der Waals surface area contributed by atoms with E-state index in [2.05, 4.69) is 5.32 Å². The summed E-state index contributed by atoms with van der Waals surface area (Å²) in [5.74, 6) is -0.328. The van der Waals surface area contributed by atoms with E-state index in [9.17, 15) is 13.2 Å². The van der Waals surface area contributed by atoms with Gasteiger partial charge in [0.2, 0.25) is 10.0 Å². The van der Waals surface area contributed by atoms with Gasteiger partial charge in [0.25, 0.3) is 5.91 Å². The van der Waals surface area contributed by atoms with Crippen LogP contribution in [0.15, 0.2) is 40.6 Å². The molecule has 28 heavy (non-hydrogen) atoms. The third-order valence-electron chi connectivity index (χ3n) is 4.47. The Morgan fingerprint density at radius 3 is 2.93 bits per heavy atom. The van der Waals surface area contributed by atoms with Gasteiger partial charge in [0.15, 0.2) is 0 Å². The molecule has 0 unspecified atom stereocenters. The van der Waals surface area contributed by atoms with Crippen molar-refractivity contribution in [2.24, 2.45) is 0 Å². The molecule has 1 aliphatic rings. The zero-order chi connectivity index (χ0) is 20.0. The number of amides is 1. The van der Waals surface area contributed by atoms with Crippen molar-refractivity contribution in [1.29, 1.82) is 0 Å². The summed E-state index contributed by atoms with van der Waals surface area (Å²) in [4.78, 5) is 13.7. The lowest BCUT2D eigenvalue weighted by atomic mass is 10.1. The minimum absolute atomic E-state index is 0.134. The molecule has 2 heterocycles. The third-order valence-corrected chi connectivity index (χ3v) is 7.33. The van der Waals surface area contributed by atoms with Crippen LogP contribution in [0.4, 0.5) is 0 Å². The molecule has 1 N–H and O–H groups in total. The Morgan fingerprint density at radius 1 is 1.25 bits per heavy atom. The van der Waals surface area contributed by atoms with Crippen molar-refractivity contribution in [2.45, 2.75) is 17.9 Å². The number of methoxy groups -OCH3 is 1. The van der Waals surface area contributed by atoms with Crippen LogP contribution in [0.1, 0.15) is 20.8 Å². The summed E-state index contributed by atoms with van der Waals surface area (Å²) >= 11 is 1.66. The van der Waals surface area contributed by atoms with Crippen LogP contribution in [0.25, 0.3) is 0 Å². The molecule has 0 atom stereocenters. The van der Waals surface area contributed by atoms with Crippen LogP contribution < -0.4 is 5.32 Å². The minimum Gasteiger partial charge on any atom is -0.382 e. The van der Waals surface area contributed by atoms with Crippen LogP contribution in [-0.2, 0) is 32.5 Å². The molecule has 0 bridgehead atoms. The van der Waals surface area contributed by atoms with Crippen molar-refractivity contribution in [2.75, 3.05) is 40.0 Å². The summed E-state index contributed by atoms with van der Waals surface area (Å²) in [6.45, 7) is 2.48. The Bertz CT molecular complexity index is 911. The number of rotatable bonds is 9. The van der Waals surface area contributed by atoms with Crippen molar-refractivity contribution in [3.63, 3.8) is 0 Å². The first-order valence-electron chi connectivity index (χ1n) is 9.02. The predicted molar refractivity (Wildman–Crippen MR) is 107 cm³/mol. The van der Waals surface area contributed by atoms with Gasteiger partial charge in [-0.2, -0.15) is 4.31 Å². The van der Waals surface area contributed by atoms with Crippen molar-refractivity contribution in [3.05, 3.63) is 51.7 Å². The molecule has 7 nitrogen and oxygen atoms in total. The Morgan fingerprint density at radius 2 is 2.11 bits per heavy atom. The summed E-state index contributed by atoms with van der Waals surface area (Å²) in [6.07, 6.45) is 0.718. The number of nitrogens with one attached hydrogen (secondary N) is 1. The van der Waals surface area contributed by atoms with Crippen LogP contribution in [0, 0.1) is 0 Å². The molecule has 1 aromatic heterocycles. The molecule has 2 aromatic rings. The number of carbonyl (C=O) groups is 1. The molecule has 1 aromatic carbocycles. The Kier molecular flexibility index (Phi) is 7.19. The number of nitrogens with zero attached hydrogens (tertiary/aromatic N) is 1. The Hall–Kier alpha value is -1.78. The van der Waals surface area contributed by atoms with E-state index in [1.54, 1.807) is 30.6 Å². The number of hydrogen-bond acceptors (Lipinski definition) is 6. The lowest BCUT2D eigenvalue weighted by Crippen LogP contribution is -2.35. The third kappa shape index (κ3) is 4.98. The van der Waals surface area contributed by atoms with Gasteiger partial charge in [-0.1, -0.05) is 6.07 Å². The summed E-state index contributed by atoms with van der Waals surface area (Å²) in [6, 6.07) is 8.13. The van der Waals surface area contributed by atoms with Crippen LogP contribution >= 0.6 is 11.3 Å². The van der Waals surface area contributed by atoms with Crippen LogP contribution in [0.2, 0.25) is 0 Å². The standard InChI is InChI=1S/C19H24N2O5S2/c1-25-10-11-26-9-7-20-19(22)15-3-2-4-17(13-15)28(23,24)21-8-5-18-16(14-21)6-12-27-18/h2-4,6,12-13H,5,7-11,14H2,1H3,(H,20,22). The second-order valence-corrected chi connectivity index (χ2v) is 9.29. The highest BCUT2D eigenvalue weighted by Gasteiger charge is 2.29. The SMILES string of the molecule is COCCOCCNC(=O)c1cccc(S(=O)(=O)N2CCc3sccc3C2)c1. The summed E-state index contributed by atoms with van der Waals surface area (Å²) < 4.78 is 37.7. The van der Waals surface area contributed by atoms with Gasteiger partial charge in [-0.15, -0.1) is 11.3 Å². The number of fused-ring (bicyclic) bond motifs is 1. The molecule has 1 aliphatic heterocycles. The average molecular weight is 425 g/mol. The molecule has 152 valence electrons. The monoisotopic (exact) mass is 424 g/mol. The van der Waals surface area contributed by atoms with E-state index in [0.717, 1.165) is 12.0 Å². The van der Waals surface area contributed by atoms with E-state index < -0.39 is 10.0 Å². The number of carbonyl (C=O) groups excluding carboxylic acids is 1. The second-order valence-electron chi connectivity index (χ2n) is 6.35. The smallest absolute Gasteiger partial charge is 0.251 e. The molecule has 9 heteroatoms. The van der Waals surface area contributed by atoms with Gasteiger partial charge in [-0.3, -0.25) is 4.79 Å². The summed E-state index contributed by atoms with van der Waals surface area (Å²) in [7, 11) is -2.06. The molecule has 0 saturated heterocycles. The maximum atomic E-state index is 13.0. The minimum atomic E-state index is -3.65. The fourth-order valence-corrected chi connectivity index (χ4v) is 5.31. The molecule has 3 rings (SSSR count). The second kappa shape index (κ2) is 9.62. The van der Waals surface area contributed by atoms with Crippen molar-refractivity contribution in [1.82, 2.24) is 9.62 Å². The van der Waals surface area contributed by atoms with Crippen LogP contribution in [0.5, 0.6) is 0 Å². The maximum absolute atomic E-state index is 13.0. The Balaban J connectivity index is 1.63. The highest BCUT2D eigenvalue weighted by molar-refractivity contribution is 7.89. The topological polar surface area (TPSA) is 84.9 Å². The summed E-state index contributed by atoms with van der Waals surface area (Å²) in [5.41, 5.74) is 1.37. The first-order chi connectivity index (χ1) is 13.5. The van der Waals surface area contributed by atoms with Crippen molar-refractivity contribution in [3.8, 4) is 0 Å². The quantitative estimate of drug-likeness (QED) is 0.622. The normalized spacial score (nSPS) is 14.6. The van der Waals surface area contributed by atoms with Crippen molar-refractivity contribution < 1.29 is 22.7 Å². The van der Waals surface area contributed by atoms with Gasteiger partial charge in [0.05, 0.1) is 24.7 Å². The number of thiophene rings is 1. The highest BCUT2D eigenvalue weighted by atomic mass is 32.2. The number of benzene rings is 1. The molecule has 0 fully saturated rings. The fourth-order valence-electron chi connectivity index (χ4n) is 2.96. The van der Waals surface area contributed by atoms with E-state index in [-0.39, 0.29) is 10.8 Å².